The zero-order valence-electron chi connectivity index (χ0n) is 10.7. The van der Waals surface area contributed by atoms with Gasteiger partial charge >= 0.3 is 0 Å². The van der Waals surface area contributed by atoms with E-state index in [0.29, 0.717) is 0 Å². The van der Waals surface area contributed by atoms with E-state index in [-0.39, 0.29) is 0 Å². The molecule has 0 saturated carbocycles. The normalized spacial score (nSPS) is 13.5. The van der Waals surface area contributed by atoms with Gasteiger partial charge in [0.2, 0.25) is 0 Å². The lowest BCUT2D eigenvalue weighted by Crippen LogP contribution is -2.22. The lowest BCUT2D eigenvalue weighted by molar-refractivity contribution is 0.319. The highest BCUT2D eigenvalue weighted by molar-refractivity contribution is 7.07. The average molecular weight is 275 g/mol. The molecule has 0 atom stereocenters. The summed E-state index contributed by atoms with van der Waals surface area (Å²) in [5.41, 5.74) is 5.35. The number of thiazole rings is 1. The Bertz CT molecular complexity index is 527. The molecule has 3 rings (SSSR count). The van der Waals surface area contributed by atoms with Crippen LogP contribution in [0.15, 0.2) is 29.1 Å². The third-order valence-corrected chi connectivity index (χ3v) is 3.75. The SMILES string of the molecule is c1cc(CNCCc2cscn2)c2c(c1)NCCO2. The lowest BCUT2D eigenvalue weighted by Gasteiger charge is -2.21. The summed E-state index contributed by atoms with van der Waals surface area (Å²) in [4.78, 5) is 4.27. The molecule has 0 fully saturated rings. The summed E-state index contributed by atoms with van der Waals surface area (Å²) in [7, 11) is 0. The summed E-state index contributed by atoms with van der Waals surface area (Å²) >= 11 is 1.65. The van der Waals surface area contributed by atoms with Crippen molar-refractivity contribution in [3.05, 3.63) is 40.3 Å². The van der Waals surface area contributed by atoms with Crippen molar-refractivity contribution in [3.8, 4) is 5.75 Å². The van der Waals surface area contributed by atoms with Gasteiger partial charge in [-0.25, -0.2) is 4.98 Å². The van der Waals surface area contributed by atoms with E-state index in [1.807, 2.05) is 5.51 Å². The molecule has 19 heavy (non-hydrogen) atoms. The predicted molar refractivity (Wildman–Crippen MR) is 78.0 cm³/mol. The van der Waals surface area contributed by atoms with Crippen LogP contribution in [0.2, 0.25) is 0 Å². The van der Waals surface area contributed by atoms with Gasteiger partial charge in [-0.3, -0.25) is 0 Å². The van der Waals surface area contributed by atoms with Gasteiger partial charge in [0.1, 0.15) is 12.4 Å². The highest BCUT2D eigenvalue weighted by Gasteiger charge is 2.13. The van der Waals surface area contributed by atoms with Crippen molar-refractivity contribution < 1.29 is 4.74 Å². The van der Waals surface area contributed by atoms with Gasteiger partial charge in [-0.05, 0) is 6.07 Å². The van der Waals surface area contributed by atoms with Crippen molar-refractivity contribution in [2.45, 2.75) is 13.0 Å². The van der Waals surface area contributed by atoms with Gasteiger partial charge in [-0.2, -0.15) is 0 Å². The van der Waals surface area contributed by atoms with Crippen molar-refractivity contribution in [1.29, 1.82) is 0 Å². The van der Waals surface area contributed by atoms with Crippen LogP contribution in [0.1, 0.15) is 11.3 Å². The number of fused-ring (bicyclic) bond motifs is 1. The second-order valence-electron chi connectivity index (χ2n) is 4.48. The van der Waals surface area contributed by atoms with Gasteiger partial charge in [0.25, 0.3) is 0 Å². The second-order valence-corrected chi connectivity index (χ2v) is 5.19. The number of nitrogens with zero attached hydrogens (tertiary/aromatic N) is 1. The van der Waals surface area contributed by atoms with Gasteiger partial charge < -0.3 is 15.4 Å². The van der Waals surface area contributed by atoms with E-state index in [4.69, 9.17) is 4.74 Å². The molecule has 2 heterocycles. The van der Waals surface area contributed by atoms with E-state index < -0.39 is 0 Å². The quantitative estimate of drug-likeness (QED) is 0.822. The Hall–Kier alpha value is -1.59. The van der Waals surface area contributed by atoms with Crippen LogP contribution in [0.5, 0.6) is 5.75 Å². The Morgan fingerprint density at radius 3 is 3.32 bits per heavy atom. The number of rotatable bonds is 5. The van der Waals surface area contributed by atoms with E-state index in [0.717, 1.165) is 49.8 Å². The highest BCUT2D eigenvalue weighted by atomic mass is 32.1. The predicted octanol–water partition coefficient (Wildman–Crippen LogP) is 2.28. The molecule has 0 unspecified atom stereocenters. The van der Waals surface area contributed by atoms with Crippen LogP contribution in [0.4, 0.5) is 5.69 Å². The standard InChI is InChI=1S/C14H17N3OS/c1-2-11(14-13(3-1)16-6-7-18-14)8-15-5-4-12-9-19-10-17-12/h1-3,9-10,15-16H,4-8H2. The Kier molecular flexibility index (Phi) is 3.95. The first-order valence-electron chi connectivity index (χ1n) is 6.50. The molecule has 1 aromatic carbocycles. The number of benzene rings is 1. The fourth-order valence-electron chi connectivity index (χ4n) is 2.17. The molecular weight excluding hydrogens is 258 g/mol. The molecule has 4 nitrogen and oxygen atoms in total. The Morgan fingerprint density at radius 2 is 2.42 bits per heavy atom. The number of hydrogen-bond donors (Lipinski definition) is 2. The van der Waals surface area contributed by atoms with E-state index in [2.05, 4.69) is 39.2 Å². The molecule has 2 N–H and O–H groups in total. The molecule has 0 aliphatic carbocycles. The maximum absolute atomic E-state index is 5.74. The van der Waals surface area contributed by atoms with E-state index in [1.165, 1.54) is 5.56 Å². The molecule has 0 bridgehead atoms. The average Bonchev–Trinajstić information content (AvgIpc) is 2.97. The van der Waals surface area contributed by atoms with Gasteiger partial charge in [0.05, 0.1) is 16.9 Å². The minimum Gasteiger partial charge on any atom is -0.489 e. The van der Waals surface area contributed by atoms with Crippen LogP contribution >= 0.6 is 11.3 Å². The van der Waals surface area contributed by atoms with Gasteiger partial charge in [0, 0.05) is 37.0 Å². The van der Waals surface area contributed by atoms with Gasteiger partial charge in [-0.1, -0.05) is 12.1 Å². The molecule has 1 aliphatic rings. The molecule has 0 amide bonds. The monoisotopic (exact) mass is 275 g/mol. The lowest BCUT2D eigenvalue weighted by atomic mass is 10.1. The first-order valence-corrected chi connectivity index (χ1v) is 7.44. The van der Waals surface area contributed by atoms with E-state index in [9.17, 15) is 0 Å². The number of anilines is 1. The van der Waals surface area contributed by atoms with Gasteiger partial charge in [0.15, 0.2) is 0 Å². The number of ether oxygens (including phenoxy) is 1. The smallest absolute Gasteiger partial charge is 0.146 e. The summed E-state index contributed by atoms with van der Waals surface area (Å²) in [6.45, 7) is 3.38. The molecule has 1 aliphatic heterocycles. The number of para-hydroxylation sites is 1. The first-order chi connectivity index (χ1) is 9.43. The fourth-order valence-corrected chi connectivity index (χ4v) is 2.77. The molecule has 5 heteroatoms. The van der Waals surface area contributed by atoms with Crippen molar-refractivity contribution in [1.82, 2.24) is 10.3 Å². The Balaban J connectivity index is 1.55. The van der Waals surface area contributed by atoms with Crippen LogP contribution < -0.4 is 15.4 Å². The summed E-state index contributed by atoms with van der Waals surface area (Å²) < 4.78 is 5.74. The Labute approximate surface area is 116 Å². The van der Waals surface area contributed by atoms with Crippen LogP contribution in [-0.2, 0) is 13.0 Å². The Morgan fingerprint density at radius 1 is 1.42 bits per heavy atom. The maximum Gasteiger partial charge on any atom is 0.146 e. The van der Waals surface area contributed by atoms with Crippen LogP contribution in [-0.4, -0.2) is 24.7 Å². The largest absolute Gasteiger partial charge is 0.489 e. The topological polar surface area (TPSA) is 46.2 Å². The summed E-state index contributed by atoms with van der Waals surface area (Å²) in [6, 6.07) is 6.24. The molecular formula is C14H17N3OS. The summed E-state index contributed by atoms with van der Waals surface area (Å²) in [6.07, 6.45) is 0.970. The molecule has 1 aromatic heterocycles. The van der Waals surface area contributed by atoms with Crippen molar-refractivity contribution >= 4 is 17.0 Å². The van der Waals surface area contributed by atoms with E-state index >= 15 is 0 Å². The van der Waals surface area contributed by atoms with Crippen molar-refractivity contribution in [2.75, 3.05) is 25.0 Å². The van der Waals surface area contributed by atoms with Crippen molar-refractivity contribution in [3.63, 3.8) is 0 Å². The molecule has 2 aromatic rings. The summed E-state index contributed by atoms with van der Waals surface area (Å²) in [5.74, 6) is 0.995. The number of nitrogens with one attached hydrogen (secondary N) is 2. The third kappa shape index (κ3) is 3.05. The van der Waals surface area contributed by atoms with Crippen LogP contribution in [0, 0.1) is 0 Å². The maximum atomic E-state index is 5.74. The third-order valence-electron chi connectivity index (χ3n) is 3.12. The van der Waals surface area contributed by atoms with Crippen LogP contribution in [0.3, 0.4) is 0 Å². The molecule has 0 radical (unpaired) electrons. The number of aromatic nitrogens is 1. The van der Waals surface area contributed by atoms with Gasteiger partial charge in [-0.15, -0.1) is 11.3 Å². The zero-order chi connectivity index (χ0) is 12.9. The minimum absolute atomic E-state index is 0.739. The highest BCUT2D eigenvalue weighted by Crippen LogP contribution is 2.30. The van der Waals surface area contributed by atoms with Crippen molar-refractivity contribution in [2.24, 2.45) is 0 Å². The van der Waals surface area contributed by atoms with E-state index in [1.54, 1.807) is 11.3 Å². The minimum atomic E-state index is 0.739. The zero-order valence-corrected chi connectivity index (χ0v) is 11.5. The van der Waals surface area contributed by atoms with Crippen LogP contribution in [0.25, 0.3) is 0 Å². The number of hydrogen-bond acceptors (Lipinski definition) is 5. The fraction of sp³-hybridized carbons (Fsp3) is 0.357. The molecule has 100 valence electrons. The summed E-state index contributed by atoms with van der Waals surface area (Å²) in [5, 5.41) is 8.90. The second kappa shape index (κ2) is 6.04. The molecule has 0 spiro atoms. The first kappa shape index (κ1) is 12.4. The molecule has 0 saturated heterocycles.